The van der Waals surface area contributed by atoms with Crippen molar-refractivity contribution >= 4 is 0 Å². The van der Waals surface area contributed by atoms with Crippen LogP contribution >= 0.6 is 0 Å². The fourth-order valence-corrected chi connectivity index (χ4v) is 0.635. The van der Waals surface area contributed by atoms with Gasteiger partial charge in [-0.1, -0.05) is 6.92 Å². The van der Waals surface area contributed by atoms with E-state index in [0.29, 0.717) is 6.04 Å². The maximum Gasteiger partial charge on any atom is 0.0460 e. The average molecular weight is 158 g/mol. The van der Waals surface area contributed by atoms with Crippen molar-refractivity contribution in [2.75, 3.05) is 6.67 Å². The number of nitrogens with one attached hydrogen (secondary N) is 2. The summed E-state index contributed by atoms with van der Waals surface area (Å²) in [6.07, 6.45) is 1.19. The lowest BCUT2D eigenvalue weighted by atomic mass is 10.1. The second kappa shape index (κ2) is 4.73. The van der Waals surface area contributed by atoms with E-state index in [1.165, 1.54) is 6.42 Å². The Hall–Kier alpha value is -0.0800. The lowest BCUT2D eigenvalue weighted by Crippen LogP contribution is -2.44. The largest absolute Gasteiger partial charge is 0.302 e. The molecule has 2 heteroatoms. The second-order valence-electron chi connectivity index (χ2n) is 4.12. The molecule has 0 fully saturated rings. The molecule has 0 heterocycles. The van der Waals surface area contributed by atoms with Crippen LogP contribution in [0.1, 0.15) is 41.0 Å². The molecule has 0 spiro atoms. The van der Waals surface area contributed by atoms with Crippen molar-refractivity contribution in [1.29, 1.82) is 0 Å². The van der Waals surface area contributed by atoms with Crippen LogP contribution in [0.3, 0.4) is 0 Å². The van der Waals surface area contributed by atoms with Gasteiger partial charge in [-0.25, -0.2) is 0 Å². The molecule has 11 heavy (non-hydrogen) atoms. The Bertz CT molecular complexity index is 94.2. The lowest BCUT2D eigenvalue weighted by Gasteiger charge is -2.22. The first-order valence-electron chi connectivity index (χ1n) is 4.44. The molecule has 1 atom stereocenters. The maximum absolute atomic E-state index is 3.38. The highest BCUT2D eigenvalue weighted by atomic mass is 15.1. The first-order chi connectivity index (χ1) is 4.95. The number of rotatable bonds is 4. The van der Waals surface area contributed by atoms with Crippen LogP contribution in [-0.4, -0.2) is 18.2 Å². The molecule has 1 unspecified atom stereocenters. The lowest BCUT2D eigenvalue weighted by molar-refractivity contribution is 0.382. The van der Waals surface area contributed by atoms with Crippen LogP contribution in [0.25, 0.3) is 0 Å². The van der Waals surface area contributed by atoms with E-state index in [4.69, 9.17) is 0 Å². The van der Waals surface area contributed by atoms with Crippen molar-refractivity contribution in [3.63, 3.8) is 0 Å². The zero-order valence-corrected chi connectivity index (χ0v) is 8.49. The molecule has 0 aromatic rings. The minimum Gasteiger partial charge on any atom is -0.302 e. The summed E-state index contributed by atoms with van der Waals surface area (Å²) in [5.74, 6) is 0. The van der Waals surface area contributed by atoms with Crippen LogP contribution in [0.4, 0.5) is 0 Å². The number of hydrogen-bond acceptors (Lipinski definition) is 2. The van der Waals surface area contributed by atoms with Gasteiger partial charge in [0, 0.05) is 18.2 Å². The zero-order chi connectivity index (χ0) is 8.91. The minimum atomic E-state index is 0.223. The van der Waals surface area contributed by atoms with Gasteiger partial charge in [0.25, 0.3) is 0 Å². The van der Waals surface area contributed by atoms with Crippen LogP contribution < -0.4 is 10.6 Å². The Morgan fingerprint density at radius 1 is 1.27 bits per heavy atom. The van der Waals surface area contributed by atoms with Crippen molar-refractivity contribution < 1.29 is 0 Å². The smallest absolute Gasteiger partial charge is 0.0460 e. The quantitative estimate of drug-likeness (QED) is 0.609. The molecule has 0 aliphatic heterocycles. The van der Waals surface area contributed by atoms with Gasteiger partial charge in [-0.15, -0.1) is 0 Å². The Balaban J connectivity index is 3.28. The van der Waals surface area contributed by atoms with Crippen LogP contribution in [0, 0.1) is 0 Å². The van der Waals surface area contributed by atoms with E-state index < -0.39 is 0 Å². The van der Waals surface area contributed by atoms with Gasteiger partial charge in [0.2, 0.25) is 0 Å². The average Bonchev–Trinajstić information content (AvgIpc) is 1.85. The van der Waals surface area contributed by atoms with E-state index in [2.05, 4.69) is 45.3 Å². The van der Waals surface area contributed by atoms with E-state index in [0.717, 1.165) is 6.67 Å². The molecule has 0 saturated heterocycles. The highest BCUT2D eigenvalue weighted by Crippen LogP contribution is 1.96. The summed E-state index contributed by atoms with van der Waals surface area (Å²) < 4.78 is 0. The first kappa shape index (κ1) is 10.9. The molecule has 0 saturated carbocycles. The molecular weight excluding hydrogens is 136 g/mol. The third-order valence-corrected chi connectivity index (χ3v) is 1.68. The summed E-state index contributed by atoms with van der Waals surface area (Å²) in [4.78, 5) is 0. The van der Waals surface area contributed by atoms with E-state index in [9.17, 15) is 0 Å². The molecule has 0 aromatic heterocycles. The van der Waals surface area contributed by atoms with Crippen LogP contribution in [0.15, 0.2) is 0 Å². The Labute approximate surface area is 70.8 Å². The molecule has 0 radical (unpaired) electrons. The van der Waals surface area contributed by atoms with Crippen molar-refractivity contribution in [3.8, 4) is 0 Å². The van der Waals surface area contributed by atoms with E-state index >= 15 is 0 Å². The Kier molecular flexibility index (Phi) is 4.69. The van der Waals surface area contributed by atoms with Gasteiger partial charge in [0.15, 0.2) is 0 Å². The molecule has 0 rings (SSSR count). The highest BCUT2D eigenvalue weighted by molar-refractivity contribution is 4.69. The second-order valence-corrected chi connectivity index (χ2v) is 4.12. The fourth-order valence-electron chi connectivity index (χ4n) is 0.635. The van der Waals surface area contributed by atoms with Crippen LogP contribution in [0.5, 0.6) is 0 Å². The molecular formula is C9H22N2. The SMILES string of the molecule is CCC(C)NCNC(C)(C)C. The zero-order valence-electron chi connectivity index (χ0n) is 8.49. The molecule has 68 valence electrons. The molecule has 0 amide bonds. The topological polar surface area (TPSA) is 24.1 Å². The fraction of sp³-hybridized carbons (Fsp3) is 1.00. The Morgan fingerprint density at radius 3 is 2.18 bits per heavy atom. The van der Waals surface area contributed by atoms with Crippen LogP contribution in [0.2, 0.25) is 0 Å². The van der Waals surface area contributed by atoms with Gasteiger partial charge in [-0.05, 0) is 34.1 Å². The van der Waals surface area contributed by atoms with Crippen molar-refractivity contribution in [2.24, 2.45) is 0 Å². The summed E-state index contributed by atoms with van der Waals surface area (Å²) >= 11 is 0. The van der Waals surface area contributed by atoms with Gasteiger partial charge >= 0.3 is 0 Å². The normalized spacial score (nSPS) is 15.0. The first-order valence-corrected chi connectivity index (χ1v) is 4.44. The molecule has 2 N–H and O–H groups in total. The molecule has 0 aliphatic carbocycles. The van der Waals surface area contributed by atoms with Crippen molar-refractivity contribution in [2.45, 2.75) is 52.6 Å². The van der Waals surface area contributed by atoms with Gasteiger partial charge in [-0.3, -0.25) is 5.32 Å². The maximum atomic E-state index is 3.38. The summed E-state index contributed by atoms with van der Waals surface area (Å²) in [6.45, 7) is 11.8. The van der Waals surface area contributed by atoms with Gasteiger partial charge < -0.3 is 5.32 Å². The van der Waals surface area contributed by atoms with Crippen molar-refractivity contribution in [1.82, 2.24) is 10.6 Å². The summed E-state index contributed by atoms with van der Waals surface area (Å²) in [6, 6.07) is 0.616. The molecule has 2 nitrogen and oxygen atoms in total. The van der Waals surface area contributed by atoms with E-state index in [1.807, 2.05) is 0 Å². The molecule has 0 aromatic carbocycles. The minimum absolute atomic E-state index is 0.223. The van der Waals surface area contributed by atoms with Crippen molar-refractivity contribution in [3.05, 3.63) is 0 Å². The highest BCUT2D eigenvalue weighted by Gasteiger charge is 2.07. The predicted molar refractivity (Wildman–Crippen MR) is 50.6 cm³/mol. The van der Waals surface area contributed by atoms with E-state index in [1.54, 1.807) is 0 Å². The van der Waals surface area contributed by atoms with Gasteiger partial charge in [0.1, 0.15) is 0 Å². The standard InChI is InChI=1S/C9H22N2/c1-6-8(2)10-7-11-9(3,4)5/h8,10-11H,6-7H2,1-5H3. The van der Waals surface area contributed by atoms with Crippen LogP contribution in [-0.2, 0) is 0 Å². The summed E-state index contributed by atoms with van der Waals surface area (Å²) in [5, 5.41) is 6.75. The third-order valence-electron chi connectivity index (χ3n) is 1.68. The third kappa shape index (κ3) is 7.82. The summed E-state index contributed by atoms with van der Waals surface area (Å²) in [5.41, 5.74) is 0.223. The molecule has 0 bridgehead atoms. The van der Waals surface area contributed by atoms with Gasteiger partial charge in [0.05, 0.1) is 0 Å². The summed E-state index contributed by atoms with van der Waals surface area (Å²) in [7, 11) is 0. The van der Waals surface area contributed by atoms with Gasteiger partial charge in [-0.2, -0.15) is 0 Å². The Morgan fingerprint density at radius 2 is 1.82 bits per heavy atom. The van der Waals surface area contributed by atoms with E-state index in [-0.39, 0.29) is 5.54 Å². The number of hydrogen-bond donors (Lipinski definition) is 2. The molecule has 0 aliphatic rings. The monoisotopic (exact) mass is 158 g/mol. The predicted octanol–water partition coefficient (Wildman–Crippen LogP) is 1.72.